The molecule has 1 nitrogen and oxygen atoms in total. The van der Waals surface area contributed by atoms with Crippen molar-refractivity contribution in [1.82, 2.24) is 0 Å². The van der Waals surface area contributed by atoms with Crippen molar-refractivity contribution < 1.29 is 9.50 Å². The number of benzene rings is 1. The van der Waals surface area contributed by atoms with Crippen LogP contribution in [0.3, 0.4) is 0 Å². The van der Waals surface area contributed by atoms with Gasteiger partial charge >= 0.3 is 0 Å². The highest BCUT2D eigenvalue weighted by Crippen LogP contribution is 2.37. The van der Waals surface area contributed by atoms with E-state index >= 15 is 0 Å². The Labute approximate surface area is 97.3 Å². The van der Waals surface area contributed by atoms with E-state index < -0.39 is 6.67 Å². The third-order valence-corrected chi connectivity index (χ3v) is 3.07. The Morgan fingerprint density at radius 1 is 1.38 bits per heavy atom. The summed E-state index contributed by atoms with van der Waals surface area (Å²) in [5, 5.41) is 7.50. The van der Waals surface area contributed by atoms with Crippen LogP contribution in [0.1, 0.15) is 37.3 Å². The zero-order valence-corrected chi connectivity index (χ0v) is 10.1. The average Bonchev–Trinajstić information content (AvgIpc) is 2.73. The van der Waals surface area contributed by atoms with E-state index in [1.54, 1.807) is 11.1 Å². The molecule has 0 fully saturated rings. The summed E-state index contributed by atoms with van der Waals surface area (Å²) < 4.78 is 10.5. The molecule has 0 bridgehead atoms. The van der Waals surface area contributed by atoms with Gasteiger partial charge in [-0.15, -0.1) is 0 Å². The molecule has 0 saturated heterocycles. The van der Waals surface area contributed by atoms with Crippen molar-refractivity contribution in [2.45, 2.75) is 32.6 Å². The maximum atomic E-state index is 10.5. The maximum absolute atomic E-state index is 10.5. The SMILES string of the molecule is CC(C)C1CCc2ccccc21.OCCF. The van der Waals surface area contributed by atoms with Gasteiger partial charge in [0.25, 0.3) is 0 Å². The first kappa shape index (κ1) is 13.2. The molecule has 0 aromatic heterocycles. The molecule has 0 saturated carbocycles. The van der Waals surface area contributed by atoms with Crippen molar-refractivity contribution in [3.63, 3.8) is 0 Å². The molecule has 1 aliphatic rings. The Hall–Kier alpha value is -0.890. The predicted octanol–water partition coefficient (Wildman–Crippen LogP) is 3.32. The fraction of sp³-hybridized carbons (Fsp3) is 0.571. The van der Waals surface area contributed by atoms with Gasteiger partial charge in [0.15, 0.2) is 0 Å². The number of aliphatic hydroxyl groups is 1. The molecular weight excluding hydrogens is 203 g/mol. The summed E-state index contributed by atoms with van der Waals surface area (Å²) in [4.78, 5) is 0. The van der Waals surface area contributed by atoms with Gasteiger partial charge in [-0.2, -0.15) is 0 Å². The second-order valence-electron chi connectivity index (χ2n) is 4.50. The number of hydrogen-bond acceptors (Lipinski definition) is 1. The molecule has 90 valence electrons. The second-order valence-corrected chi connectivity index (χ2v) is 4.50. The highest BCUT2D eigenvalue weighted by atomic mass is 19.1. The van der Waals surface area contributed by atoms with E-state index in [4.69, 9.17) is 5.11 Å². The zero-order valence-electron chi connectivity index (χ0n) is 10.1. The lowest BCUT2D eigenvalue weighted by atomic mass is 9.90. The quantitative estimate of drug-likeness (QED) is 0.817. The van der Waals surface area contributed by atoms with Crippen molar-refractivity contribution in [2.24, 2.45) is 5.92 Å². The molecule has 2 rings (SSSR count). The Morgan fingerprint density at radius 2 is 2.00 bits per heavy atom. The molecule has 0 radical (unpaired) electrons. The molecule has 0 aliphatic heterocycles. The number of aliphatic hydroxyl groups excluding tert-OH is 1. The zero-order chi connectivity index (χ0) is 12.0. The number of hydrogen-bond donors (Lipinski definition) is 1. The normalized spacial score (nSPS) is 17.9. The largest absolute Gasteiger partial charge is 0.394 e. The van der Waals surface area contributed by atoms with Gasteiger partial charge in [0.1, 0.15) is 6.67 Å². The molecule has 1 N–H and O–H groups in total. The van der Waals surface area contributed by atoms with Crippen LogP contribution in [0.2, 0.25) is 0 Å². The van der Waals surface area contributed by atoms with Gasteiger partial charge in [0.05, 0.1) is 6.61 Å². The summed E-state index contributed by atoms with van der Waals surface area (Å²) in [6, 6.07) is 8.89. The van der Waals surface area contributed by atoms with Crippen molar-refractivity contribution in [3.05, 3.63) is 35.4 Å². The van der Waals surface area contributed by atoms with Crippen molar-refractivity contribution in [1.29, 1.82) is 0 Å². The van der Waals surface area contributed by atoms with E-state index in [9.17, 15) is 4.39 Å². The van der Waals surface area contributed by atoms with Crippen molar-refractivity contribution >= 4 is 0 Å². The van der Waals surface area contributed by atoms with Crippen LogP contribution in [0.25, 0.3) is 0 Å². The van der Waals surface area contributed by atoms with Crippen LogP contribution in [0.5, 0.6) is 0 Å². The third-order valence-electron chi connectivity index (χ3n) is 3.07. The summed E-state index contributed by atoms with van der Waals surface area (Å²) in [6.45, 7) is 3.68. The van der Waals surface area contributed by atoms with E-state index in [2.05, 4.69) is 38.1 Å². The minimum absolute atomic E-state index is 0.347. The fourth-order valence-electron chi connectivity index (χ4n) is 2.28. The number of halogens is 1. The van der Waals surface area contributed by atoms with Crippen LogP contribution in [-0.2, 0) is 6.42 Å². The lowest BCUT2D eigenvalue weighted by Crippen LogP contribution is -2.01. The molecule has 1 aromatic rings. The van der Waals surface area contributed by atoms with E-state index in [1.807, 2.05) is 0 Å². The van der Waals surface area contributed by atoms with E-state index in [1.165, 1.54) is 12.8 Å². The number of aryl methyl sites for hydroxylation is 1. The van der Waals surface area contributed by atoms with Gasteiger partial charge in [-0.3, -0.25) is 0 Å². The lowest BCUT2D eigenvalue weighted by molar-refractivity contribution is 0.253. The minimum Gasteiger partial charge on any atom is -0.394 e. The van der Waals surface area contributed by atoms with Crippen LogP contribution in [0.4, 0.5) is 4.39 Å². The molecule has 1 unspecified atom stereocenters. The van der Waals surface area contributed by atoms with Gasteiger partial charge in [-0.25, -0.2) is 4.39 Å². The summed E-state index contributed by atoms with van der Waals surface area (Å²) in [6.07, 6.45) is 2.65. The van der Waals surface area contributed by atoms with Crippen LogP contribution in [0, 0.1) is 5.92 Å². The second kappa shape index (κ2) is 6.64. The monoisotopic (exact) mass is 224 g/mol. The van der Waals surface area contributed by atoms with Crippen molar-refractivity contribution in [3.8, 4) is 0 Å². The summed E-state index contributed by atoms with van der Waals surface area (Å²) >= 11 is 0. The van der Waals surface area contributed by atoms with E-state index in [0.717, 1.165) is 11.8 Å². The van der Waals surface area contributed by atoms with Gasteiger partial charge in [0.2, 0.25) is 0 Å². The molecule has 0 heterocycles. The van der Waals surface area contributed by atoms with Crippen LogP contribution < -0.4 is 0 Å². The highest BCUT2D eigenvalue weighted by Gasteiger charge is 2.23. The van der Waals surface area contributed by atoms with Crippen LogP contribution >= 0.6 is 0 Å². The summed E-state index contributed by atoms with van der Waals surface area (Å²) in [5.41, 5.74) is 3.18. The standard InChI is InChI=1S/C12H16.C2H5FO/c1-9(2)11-8-7-10-5-3-4-6-12(10)11;3-1-2-4/h3-6,9,11H,7-8H2,1-2H3;4H,1-2H2. The Morgan fingerprint density at radius 3 is 2.56 bits per heavy atom. The first-order valence-electron chi connectivity index (χ1n) is 5.95. The third kappa shape index (κ3) is 3.31. The summed E-state index contributed by atoms with van der Waals surface area (Å²) in [5.74, 6) is 1.62. The maximum Gasteiger partial charge on any atom is 0.112 e. The van der Waals surface area contributed by atoms with E-state index in [-0.39, 0.29) is 6.61 Å². The number of alkyl halides is 1. The average molecular weight is 224 g/mol. The molecule has 0 amide bonds. The predicted molar refractivity (Wildman–Crippen MR) is 65.4 cm³/mol. The molecule has 1 atom stereocenters. The molecule has 1 aromatic carbocycles. The Kier molecular flexibility index (Phi) is 5.47. The molecule has 2 heteroatoms. The highest BCUT2D eigenvalue weighted by molar-refractivity contribution is 5.34. The first-order chi connectivity index (χ1) is 7.70. The van der Waals surface area contributed by atoms with E-state index in [0.29, 0.717) is 0 Å². The molecular formula is C14H21FO. The topological polar surface area (TPSA) is 20.2 Å². The molecule has 1 aliphatic carbocycles. The fourth-order valence-corrected chi connectivity index (χ4v) is 2.28. The summed E-state index contributed by atoms with van der Waals surface area (Å²) in [7, 11) is 0. The van der Waals surface area contributed by atoms with Gasteiger partial charge in [-0.05, 0) is 35.8 Å². The molecule has 0 spiro atoms. The number of rotatable bonds is 2. The lowest BCUT2D eigenvalue weighted by Gasteiger charge is -2.14. The van der Waals surface area contributed by atoms with Gasteiger partial charge in [0, 0.05) is 0 Å². The Balaban J connectivity index is 0.000000280. The Bertz CT molecular complexity index is 307. The molecule has 16 heavy (non-hydrogen) atoms. The number of fused-ring (bicyclic) bond motifs is 1. The van der Waals surface area contributed by atoms with Gasteiger partial charge in [-0.1, -0.05) is 38.1 Å². The smallest absolute Gasteiger partial charge is 0.112 e. The van der Waals surface area contributed by atoms with Gasteiger partial charge < -0.3 is 5.11 Å². The van der Waals surface area contributed by atoms with Crippen LogP contribution in [0.15, 0.2) is 24.3 Å². The minimum atomic E-state index is -0.625. The first-order valence-corrected chi connectivity index (χ1v) is 5.95. The van der Waals surface area contributed by atoms with Crippen molar-refractivity contribution in [2.75, 3.05) is 13.3 Å². The van der Waals surface area contributed by atoms with Crippen LogP contribution in [-0.4, -0.2) is 18.4 Å².